The molecule has 84 valence electrons. The number of nitrogens with one attached hydrogen (secondary N) is 1. The van der Waals surface area contributed by atoms with Crippen molar-refractivity contribution in [2.24, 2.45) is 5.92 Å². The molecule has 2 unspecified atom stereocenters. The van der Waals surface area contributed by atoms with Crippen molar-refractivity contribution in [2.75, 3.05) is 20.3 Å². The Hall–Kier alpha value is -0.120. The molecule has 0 bridgehead atoms. The lowest BCUT2D eigenvalue weighted by atomic mass is 9.99. The predicted octanol–water partition coefficient (Wildman–Crippen LogP) is 1.16. The van der Waals surface area contributed by atoms with E-state index >= 15 is 0 Å². The molecule has 0 aliphatic heterocycles. The summed E-state index contributed by atoms with van der Waals surface area (Å²) >= 11 is 0. The van der Waals surface area contributed by atoms with Crippen molar-refractivity contribution < 1.29 is 9.84 Å². The van der Waals surface area contributed by atoms with E-state index in [9.17, 15) is 5.11 Å². The highest BCUT2D eigenvalue weighted by Gasteiger charge is 2.37. The molecule has 1 rings (SSSR count). The zero-order valence-electron chi connectivity index (χ0n) is 9.55. The summed E-state index contributed by atoms with van der Waals surface area (Å²) in [4.78, 5) is 0. The Bertz CT molecular complexity index is 167. The van der Waals surface area contributed by atoms with Crippen molar-refractivity contribution in [1.29, 1.82) is 0 Å². The highest BCUT2D eigenvalue weighted by molar-refractivity contribution is 4.95. The summed E-state index contributed by atoms with van der Waals surface area (Å²) in [5.74, 6) is 0.591. The van der Waals surface area contributed by atoms with E-state index in [1.807, 2.05) is 7.05 Å². The van der Waals surface area contributed by atoms with Crippen LogP contribution in [0.4, 0.5) is 0 Å². The molecule has 0 saturated heterocycles. The van der Waals surface area contributed by atoms with Gasteiger partial charge in [0.1, 0.15) is 0 Å². The quantitative estimate of drug-likeness (QED) is 0.701. The summed E-state index contributed by atoms with van der Waals surface area (Å²) < 4.78 is 5.77. The maximum absolute atomic E-state index is 9.29. The van der Waals surface area contributed by atoms with Gasteiger partial charge in [-0.1, -0.05) is 13.8 Å². The number of ether oxygens (including phenoxy) is 1. The zero-order valence-corrected chi connectivity index (χ0v) is 9.55. The highest BCUT2D eigenvalue weighted by atomic mass is 16.5. The average molecular weight is 201 g/mol. The summed E-state index contributed by atoms with van der Waals surface area (Å²) in [6.45, 7) is 5.36. The molecule has 0 spiro atoms. The monoisotopic (exact) mass is 201 g/mol. The first kappa shape index (κ1) is 12.0. The molecule has 14 heavy (non-hydrogen) atoms. The molecule has 0 amide bonds. The van der Waals surface area contributed by atoms with E-state index in [1.54, 1.807) is 0 Å². The molecule has 1 saturated carbocycles. The number of rotatable bonds is 5. The zero-order chi connectivity index (χ0) is 10.6. The molecule has 3 nitrogen and oxygen atoms in total. The fourth-order valence-corrected chi connectivity index (χ4v) is 2.00. The van der Waals surface area contributed by atoms with Gasteiger partial charge >= 0.3 is 0 Å². The molecule has 0 heterocycles. The van der Waals surface area contributed by atoms with Crippen molar-refractivity contribution in [3.05, 3.63) is 0 Å². The van der Waals surface area contributed by atoms with E-state index in [0.29, 0.717) is 12.0 Å². The van der Waals surface area contributed by atoms with Crippen LogP contribution in [0.25, 0.3) is 0 Å². The maximum atomic E-state index is 9.29. The average Bonchev–Trinajstić information content (AvgIpc) is 2.59. The molecular formula is C11H23NO2. The normalized spacial score (nSPS) is 32.8. The lowest BCUT2D eigenvalue weighted by Crippen LogP contribution is -2.44. The Kier molecular flexibility index (Phi) is 4.35. The molecule has 2 atom stereocenters. The summed E-state index contributed by atoms with van der Waals surface area (Å²) in [5, 5.41) is 12.5. The van der Waals surface area contributed by atoms with Crippen molar-refractivity contribution in [3.63, 3.8) is 0 Å². The van der Waals surface area contributed by atoms with Crippen molar-refractivity contribution in [2.45, 2.75) is 44.8 Å². The van der Waals surface area contributed by atoms with Crippen LogP contribution in [0, 0.1) is 5.92 Å². The van der Waals surface area contributed by atoms with Gasteiger partial charge in [-0.15, -0.1) is 0 Å². The molecule has 3 heteroatoms. The van der Waals surface area contributed by atoms with E-state index in [4.69, 9.17) is 4.74 Å². The highest BCUT2D eigenvalue weighted by Crippen LogP contribution is 2.31. The summed E-state index contributed by atoms with van der Waals surface area (Å²) in [6.07, 6.45) is 3.35. The molecular weight excluding hydrogens is 178 g/mol. The first-order valence-corrected chi connectivity index (χ1v) is 5.53. The van der Waals surface area contributed by atoms with Gasteiger partial charge in [0, 0.05) is 12.1 Å². The van der Waals surface area contributed by atoms with Gasteiger partial charge in [0.05, 0.1) is 12.7 Å². The van der Waals surface area contributed by atoms with Crippen LogP contribution in [0.15, 0.2) is 0 Å². The maximum Gasteiger partial charge on any atom is 0.0614 e. The second kappa shape index (κ2) is 5.10. The minimum atomic E-state index is -0.0817. The number of aliphatic hydroxyl groups excluding tert-OH is 1. The number of hydrogen-bond acceptors (Lipinski definition) is 3. The van der Waals surface area contributed by atoms with Crippen LogP contribution in [0.3, 0.4) is 0 Å². The van der Waals surface area contributed by atoms with Gasteiger partial charge in [-0.3, -0.25) is 0 Å². The first-order valence-electron chi connectivity index (χ1n) is 5.53. The molecule has 0 aromatic rings. The van der Waals surface area contributed by atoms with Gasteiger partial charge in [-0.05, 0) is 32.2 Å². The summed E-state index contributed by atoms with van der Waals surface area (Å²) in [6, 6.07) is 0. The summed E-state index contributed by atoms with van der Waals surface area (Å²) in [5.41, 5.74) is -0.0817. The van der Waals surface area contributed by atoms with Gasteiger partial charge in [0.2, 0.25) is 0 Å². The molecule has 1 aliphatic carbocycles. The Morgan fingerprint density at radius 1 is 1.57 bits per heavy atom. The topological polar surface area (TPSA) is 41.5 Å². The van der Waals surface area contributed by atoms with Crippen LogP contribution in [-0.2, 0) is 4.74 Å². The van der Waals surface area contributed by atoms with E-state index in [0.717, 1.165) is 25.9 Å². The third kappa shape index (κ3) is 2.94. The van der Waals surface area contributed by atoms with Gasteiger partial charge in [0.25, 0.3) is 0 Å². The van der Waals surface area contributed by atoms with Crippen LogP contribution in [0.2, 0.25) is 0 Å². The van der Waals surface area contributed by atoms with E-state index < -0.39 is 0 Å². The van der Waals surface area contributed by atoms with Gasteiger partial charge < -0.3 is 15.2 Å². The number of hydrogen-bond donors (Lipinski definition) is 2. The number of likely N-dealkylation sites (N-methyl/N-ethyl adjacent to an activating group) is 1. The van der Waals surface area contributed by atoms with Crippen LogP contribution in [0.5, 0.6) is 0 Å². The molecule has 0 aromatic heterocycles. The summed E-state index contributed by atoms with van der Waals surface area (Å²) in [7, 11) is 1.92. The molecule has 0 aromatic carbocycles. The predicted molar refractivity (Wildman–Crippen MR) is 57.3 cm³/mol. The van der Waals surface area contributed by atoms with Crippen molar-refractivity contribution in [1.82, 2.24) is 5.32 Å². The fourth-order valence-electron chi connectivity index (χ4n) is 2.00. The standard InChI is InChI=1S/C11H23NO2/c1-9(2)7-14-10-4-5-11(6-10,8-13)12-3/h9-10,12-13H,4-8H2,1-3H3. The SMILES string of the molecule is CNC1(CO)CCC(OCC(C)C)C1. The second-order valence-corrected chi connectivity index (χ2v) is 4.78. The van der Waals surface area contributed by atoms with Gasteiger partial charge in [0.15, 0.2) is 0 Å². The third-order valence-corrected chi connectivity index (χ3v) is 3.06. The van der Waals surface area contributed by atoms with E-state index in [1.165, 1.54) is 0 Å². The van der Waals surface area contributed by atoms with E-state index in [2.05, 4.69) is 19.2 Å². The van der Waals surface area contributed by atoms with Crippen molar-refractivity contribution in [3.8, 4) is 0 Å². The van der Waals surface area contributed by atoms with Crippen LogP contribution < -0.4 is 5.32 Å². The second-order valence-electron chi connectivity index (χ2n) is 4.78. The lowest BCUT2D eigenvalue weighted by molar-refractivity contribution is 0.0318. The molecule has 2 N–H and O–H groups in total. The van der Waals surface area contributed by atoms with Crippen molar-refractivity contribution >= 4 is 0 Å². The Labute approximate surface area is 86.8 Å². The minimum Gasteiger partial charge on any atom is -0.394 e. The van der Waals surface area contributed by atoms with Gasteiger partial charge in [-0.2, -0.15) is 0 Å². The minimum absolute atomic E-state index is 0.0817. The van der Waals surface area contributed by atoms with Crippen LogP contribution in [0.1, 0.15) is 33.1 Å². The smallest absolute Gasteiger partial charge is 0.0614 e. The lowest BCUT2D eigenvalue weighted by Gasteiger charge is -2.26. The first-order chi connectivity index (χ1) is 6.62. The molecule has 1 aliphatic rings. The largest absolute Gasteiger partial charge is 0.394 e. The van der Waals surface area contributed by atoms with E-state index in [-0.39, 0.29) is 12.1 Å². The Morgan fingerprint density at radius 3 is 2.71 bits per heavy atom. The van der Waals surface area contributed by atoms with Gasteiger partial charge in [-0.25, -0.2) is 0 Å². The number of aliphatic hydroxyl groups is 1. The Morgan fingerprint density at radius 2 is 2.29 bits per heavy atom. The molecule has 1 fully saturated rings. The third-order valence-electron chi connectivity index (χ3n) is 3.06. The Balaban J connectivity index is 2.32. The molecule has 0 radical (unpaired) electrons. The van der Waals surface area contributed by atoms with Crippen LogP contribution in [-0.4, -0.2) is 37.0 Å². The van der Waals surface area contributed by atoms with Crippen LogP contribution >= 0.6 is 0 Å². The fraction of sp³-hybridized carbons (Fsp3) is 1.00.